The summed E-state index contributed by atoms with van der Waals surface area (Å²) in [4.78, 5) is 4.45. The van der Waals surface area contributed by atoms with Crippen molar-refractivity contribution in [2.24, 2.45) is 0 Å². The summed E-state index contributed by atoms with van der Waals surface area (Å²) in [5.41, 5.74) is 0.880. The normalized spacial score (nSPS) is 11.3. The standard InChI is InChI=1S/C16H14N2O3S/c1-21-14-10-9-12-6-5-11-17-15(12)16(14)18-22(19,20)13-7-3-2-4-8-13/h2-11,18H,1H3. The van der Waals surface area contributed by atoms with Crippen molar-refractivity contribution < 1.29 is 13.2 Å². The van der Waals surface area contributed by atoms with Crippen LogP contribution in [-0.4, -0.2) is 20.5 Å². The number of hydrogen-bond acceptors (Lipinski definition) is 4. The summed E-state index contributed by atoms with van der Waals surface area (Å²) in [6.45, 7) is 0. The number of hydrogen-bond donors (Lipinski definition) is 1. The lowest BCUT2D eigenvalue weighted by Gasteiger charge is -2.13. The maximum absolute atomic E-state index is 12.5. The third-order valence-corrected chi connectivity index (χ3v) is 4.61. The number of ether oxygens (including phenoxy) is 1. The van der Waals surface area contributed by atoms with Crippen LogP contribution in [0.25, 0.3) is 10.9 Å². The fourth-order valence-electron chi connectivity index (χ4n) is 2.19. The van der Waals surface area contributed by atoms with E-state index in [0.717, 1.165) is 5.39 Å². The Hall–Kier alpha value is -2.60. The SMILES string of the molecule is COc1ccc2cccnc2c1NS(=O)(=O)c1ccccc1. The topological polar surface area (TPSA) is 68.3 Å². The van der Waals surface area contributed by atoms with Gasteiger partial charge in [0.15, 0.2) is 0 Å². The minimum Gasteiger partial charge on any atom is -0.494 e. The number of rotatable bonds is 4. The summed E-state index contributed by atoms with van der Waals surface area (Å²) in [6.07, 6.45) is 1.61. The number of fused-ring (bicyclic) bond motifs is 1. The van der Waals surface area contributed by atoms with Crippen LogP contribution in [0, 0.1) is 0 Å². The van der Waals surface area contributed by atoms with E-state index in [2.05, 4.69) is 9.71 Å². The smallest absolute Gasteiger partial charge is 0.262 e. The first-order chi connectivity index (χ1) is 10.6. The zero-order valence-electron chi connectivity index (χ0n) is 11.9. The number of nitrogens with zero attached hydrogens (tertiary/aromatic N) is 1. The molecule has 1 N–H and O–H groups in total. The minimum atomic E-state index is -3.71. The van der Waals surface area contributed by atoms with Gasteiger partial charge in [-0.1, -0.05) is 24.3 Å². The highest BCUT2D eigenvalue weighted by Crippen LogP contribution is 2.33. The molecule has 0 saturated carbocycles. The number of anilines is 1. The van der Waals surface area contributed by atoms with Gasteiger partial charge in [-0.3, -0.25) is 9.71 Å². The van der Waals surface area contributed by atoms with Gasteiger partial charge < -0.3 is 4.74 Å². The van der Waals surface area contributed by atoms with E-state index < -0.39 is 10.0 Å². The Kier molecular flexibility index (Phi) is 3.68. The molecule has 6 heteroatoms. The van der Waals surface area contributed by atoms with E-state index >= 15 is 0 Å². The molecular weight excluding hydrogens is 300 g/mol. The van der Waals surface area contributed by atoms with Crippen molar-refractivity contribution in [2.75, 3.05) is 11.8 Å². The highest BCUT2D eigenvalue weighted by atomic mass is 32.2. The van der Waals surface area contributed by atoms with Crippen LogP contribution in [-0.2, 0) is 10.0 Å². The summed E-state index contributed by atoms with van der Waals surface area (Å²) < 4.78 is 32.9. The maximum atomic E-state index is 12.5. The van der Waals surface area contributed by atoms with Gasteiger partial charge in [0.05, 0.1) is 17.5 Å². The monoisotopic (exact) mass is 314 g/mol. The highest BCUT2D eigenvalue weighted by Gasteiger charge is 2.18. The largest absolute Gasteiger partial charge is 0.494 e. The molecule has 0 amide bonds. The molecule has 0 unspecified atom stereocenters. The van der Waals surface area contributed by atoms with Gasteiger partial charge >= 0.3 is 0 Å². The molecule has 22 heavy (non-hydrogen) atoms. The second-order valence-corrected chi connectivity index (χ2v) is 6.32. The van der Waals surface area contributed by atoms with Crippen LogP contribution in [0.5, 0.6) is 5.75 Å². The molecule has 3 aromatic rings. The van der Waals surface area contributed by atoms with E-state index in [1.165, 1.54) is 19.2 Å². The molecule has 0 atom stereocenters. The molecule has 0 aliphatic heterocycles. The molecule has 0 radical (unpaired) electrons. The molecule has 3 rings (SSSR count). The van der Waals surface area contributed by atoms with Crippen molar-refractivity contribution in [3.63, 3.8) is 0 Å². The van der Waals surface area contributed by atoms with Crippen LogP contribution in [0.1, 0.15) is 0 Å². The average molecular weight is 314 g/mol. The van der Waals surface area contributed by atoms with Gasteiger partial charge in [0.25, 0.3) is 10.0 Å². The Labute approximate surface area is 128 Å². The first kappa shape index (κ1) is 14.3. The van der Waals surface area contributed by atoms with Gasteiger partial charge in [0, 0.05) is 11.6 Å². The van der Waals surface area contributed by atoms with Crippen LogP contribution in [0.4, 0.5) is 5.69 Å². The third kappa shape index (κ3) is 2.60. The minimum absolute atomic E-state index is 0.185. The average Bonchev–Trinajstić information content (AvgIpc) is 2.56. The Morgan fingerprint density at radius 3 is 2.50 bits per heavy atom. The quantitative estimate of drug-likeness (QED) is 0.803. The van der Waals surface area contributed by atoms with E-state index in [1.54, 1.807) is 36.5 Å². The summed E-state index contributed by atoms with van der Waals surface area (Å²) in [6, 6.07) is 15.4. The van der Waals surface area contributed by atoms with Crippen LogP contribution in [0.2, 0.25) is 0 Å². The molecular formula is C16H14N2O3S. The Morgan fingerprint density at radius 1 is 1.00 bits per heavy atom. The van der Waals surface area contributed by atoms with Crippen molar-refractivity contribution in [2.45, 2.75) is 4.90 Å². The van der Waals surface area contributed by atoms with Crippen LogP contribution in [0.3, 0.4) is 0 Å². The lowest BCUT2D eigenvalue weighted by molar-refractivity contribution is 0.417. The van der Waals surface area contributed by atoms with Crippen LogP contribution < -0.4 is 9.46 Å². The highest BCUT2D eigenvalue weighted by molar-refractivity contribution is 7.92. The van der Waals surface area contributed by atoms with Gasteiger partial charge in [-0.15, -0.1) is 0 Å². The summed E-state index contributed by atoms with van der Waals surface area (Å²) in [5, 5.41) is 0.828. The third-order valence-electron chi connectivity index (χ3n) is 3.25. The lowest BCUT2D eigenvalue weighted by atomic mass is 10.2. The van der Waals surface area contributed by atoms with Gasteiger partial charge in [-0.2, -0.15) is 0 Å². The fraction of sp³-hybridized carbons (Fsp3) is 0.0625. The van der Waals surface area contributed by atoms with E-state index in [1.807, 2.05) is 12.1 Å². The molecule has 0 aliphatic rings. The molecule has 0 fully saturated rings. The van der Waals surface area contributed by atoms with Gasteiger partial charge in [0.1, 0.15) is 11.4 Å². The van der Waals surface area contributed by atoms with Crippen molar-refractivity contribution in [1.29, 1.82) is 0 Å². The molecule has 112 valence electrons. The predicted molar refractivity (Wildman–Crippen MR) is 85.5 cm³/mol. The van der Waals surface area contributed by atoms with Crippen molar-refractivity contribution in [3.05, 3.63) is 60.8 Å². The zero-order valence-corrected chi connectivity index (χ0v) is 12.7. The second kappa shape index (κ2) is 5.65. The number of pyridine rings is 1. The molecule has 0 saturated heterocycles. The second-order valence-electron chi connectivity index (χ2n) is 4.64. The Balaban J connectivity index is 2.14. The number of sulfonamides is 1. The van der Waals surface area contributed by atoms with Crippen LogP contribution in [0.15, 0.2) is 65.7 Å². The van der Waals surface area contributed by atoms with Gasteiger partial charge in [-0.25, -0.2) is 8.42 Å². The summed E-state index contributed by atoms with van der Waals surface area (Å²) in [5.74, 6) is 0.422. The number of methoxy groups -OCH3 is 1. The fourth-order valence-corrected chi connectivity index (χ4v) is 3.29. The van der Waals surface area contributed by atoms with Crippen molar-refractivity contribution in [1.82, 2.24) is 4.98 Å². The van der Waals surface area contributed by atoms with Gasteiger partial charge in [0.2, 0.25) is 0 Å². The van der Waals surface area contributed by atoms with Crippen molar-refractivity contribution >= 4 is 26.6 Å². The zero-order chi connectivity index (χ0) is 15.6. The molecule has 1 aromatic heterocycles. The van der Waals surface area contributed by atoms with E-state index in [4.69, 9.17) is 4.74 Å². The first-order valence-electron chi connectivity index (χ1n) is 6.61. The Morgan fingerprint density at radius 2 is 1.77 bits per heavy atom. The maximum Gasteiger partial charge on any atom is 0.262 e. The molecule has 5 nitrogen and oxygen atoms in total. The van der Waals surface area contributed by atoms with E-state index in [-0.39, 0.29) is 4.90 Å². The number of nitrogens with one attached hydrogen (secondary N) is 1. The first-order valence-corrected chi connectivity index (χ1v) is 8.10. The van der Waals surface area contributed by atoms with E-state index in [9.17, 15) is 8.42 Å². The number of benzene rings is 2. The molecule has 0 bridgehead atoms. The van der Waals surface area contributed by atoms with Crippen LogP contribution >= 0.6 is 0 Å². The molecule has 1 heterocycles. The number of aromatic nitrogens is 1. The molecule has 2 aromatic carbocycles. The van der Waals surface area contributed by atoms with Gasteiger partial charge in [-0.05, 0) is 30.3 Å². The predicted octanol–water partition coefficient (Wildman–Crippen LogP) is 3.04. The lowest BCUT2D eigenvalue weighted by Crippen LogP contribution is -2.14. The van der Waals surface area contributed by atoms with E-state index in [0.29, 0.717) is 17.0 Å². The summed E-state index contributed by atoms with van der Waals surface area (Å²) >= 11 is 0. The molecule has 0 aliphatic carbocycles. The molecule has 0 spiro atoms. The van der Waals surface area contributed by atoms with Crippen molar-refractivity contribution in [3.8, 4) is 5.75 Å². The Bertz CT molecular complexity index is 909. The summed E-state index contributed by atoms with van der Waals surface area (Å²) in [7, 11) is -2.22.